The number of nitrogen functional groups attached to an aromatic ring is 1. The Morgan fingerprint density at radius 2 is 2.17 bits per heavy atom. The van der Waals surface area contributed by atoms with Gasteiger partial charge in [-0.25, -0.2) is 9.69 Å². The van der Waals surface area contributed by atoms with Crippen LogP contribution in [0.4, 0.5) is 5.69 Å². The smallest absolute Gasteiger partial charge is 0.286 e. The van der Waals surface area contributed by atoms with Crippen molar-refractivity contribution in [1.82, 2.24) is 20.2 Å². The third-order valence-electron chi connectivity index (χ3n) is 2.28. The molecule has 0 spiro atoms. The molecule has 0 bridgehead atoms. The minimum absolute atomic E-state index is 0.248. The van der Waals surface area contributed by atoms with Gasteiger partial charge in [-0.15, -0.1) is 0 Å². The first kappa shape index (κ1) is 12.1. The van der Waals surface area contributed by atoms with Crippen molar-refractivity contribution in [1.29, 1.82) is 0 Å². The van der Waals surface area contributed by atoms with E-state index in [0.717, 1.165) is 5.69 Å². The highest BCUT2D eigenvalue weighted by molar-refractivity contribution is 5.91. The van der Waals surface area contributed by atoms with Gasteiger partial charge in [0.05, 0.1) is 5.69 Å². The summed E-state index contributed by atoms with van der Waals surface area (Å²) in [7, 11) is 3.49. The lowest BCUT2D eigenvalue weighted by atomic mass is 10.3. The first-order valence-electron chi connectivity index (χ1n) is 5.46. The van der Waals surface area contributed by atoms with Gasteiger partial charge in [0.15, 0.2) is 5.69 Å². The molecule has 0 aliphatic carbocycles. The minimum Gasteiger partial charge on any atom is -0.399 e. The van der Waals surface area contributed by atoms with Crippen LogP contribution < -0.4 is 11.2 Å². The van der Waals surface area contributed by atoms with Crippen molar-refractivity contribution in [3.63, 3.8) is 0 Å². The van der Waals surface area contributed by atoms with Crippen molar-refractivity contribution >= 4 is 11.6 Å². The number of amides is 1. The lowest BCUT2D eigenvalue weighted by Crippen LogP contribution is -2.36. The van der Waals surface area contributed by atoms with Gasteiger partial charge in [-0.05, 0) is 24.3 Å². The number of hydrogen-bond acceptors (Lipinski definition) is 4. The zero-order chi connectivity index (χ0) is 13.1. The summed E-state index contributed by atoms with van der Waals surface area (Å²) in [5.41, 5.74) is 10.2. The Morgan fingerprint density at radius 3 is 2.83 bits per heavy atom. The molecule has 18 heavy (non-hydrogen) atoms. The van der Waals surface area contributed by atoms with Gasteiger partial charge < -0.3 is 5.73 Å². The number of rotatable bonds is 3. The highest BCUT2D eigenvalue weighted by atomic mass is 16.2. The van der Waals surface area contributed by atoms with Crippen LogP contribution in [-0.2, 0) is 0 Å². The summed E-state index contributed by atoms with van der Waals surface area (Å²) >= 11 is 0. The molecule has 0 aliphatic heterocycles. The van der Waals surface area contributed by atoms with E-state index in [1.807, 2.05) is 12.1 Å². The highest BCUT2D eigenvalue weighted by Crippen LogP contribution is 2.11. The van der Waals surface area contributed by atoms with Crippen molar-refractivity contribution < 1.29 is 4.79 Å². The normalized spacial score (nSPS) is 10.6. The third kappa shape index (κ3) is 2.67. The van der Waals surface area contributed by atoms with Gasteiger partial charge in [-0.1, -0.05) is 6.07 Å². The van der Waals surface area contributed by atoms with Crippen molar-refractivity contribution in [2.75, 3.05) is 19.8 Å². The average Bonchev–Trinajstić information content (AvgIpc) is 2.77. The molecule has 0 saturated heterocycles. The van der Waals surface area contributed by atoms with Crippen LogP contribution in [0.2, 0.25) is 0 Å². The number of nitrogens with one attached hydrogen (secondary N) is 1. The molecule has 1 amide bonds. The number of nitrogens with zero attached hydrogens (tertiary/aromatic N) is 3. The lowest BCUT2D eigenvalue weighted by Gasteiger charge is -2.09. The number of benzene rings is 1. The molecular formula is C12H15N5O. The Labute approximate surface area is 105 Å². The lowest BCUT2D eigenvalue weighted by molar-refractivity contribution is 0.0851. The number of nitrogens with two attached hydrogens (primary N) is 1. The van der Waals surface area contributed by atoms with Crippen LogP contribution in [0.3, 0.4) is 0 Å². The van der Waals surface area contributed by atoms with E-state index in [1.54, 1.807) is 48.2 Å². The summed E-state index contributed by atoms with van der Waals surface area (Å²) in [6, 6.07) is 8.96. The van der Waals surface area contributed by atoms with Gasteiger partial charge in [-0.2, -0.15) is 5.10 Å². The third-order valence-corrected chi connectivity index (χ3v) is 2.28. The van der Waals surface area contributed by atoms with Gasteiger partial charge in [0.2, 0.25) is 0 Å². The summed E-state index contributed by atoms with van der Waals surface area (Å²) in [6.45, 7) is 0. The maximum Gasteiger partial charge on any atom is 0.286 e. The van der Waals surface area contributed by atoms with Crippen molar-refractivity contribution in [3.8, 4) is 5.69 Å². The number of carbonyl (C=O) groups excluding carboxylic acids is 1. The van der Waals surface area contributed by atoms with E-state index in [2.05, 4.69) is 10.5 Å². The predicted molar refractivity (Wildman–Crippen MR) is 69.1 cm³/mol. The molecule has 0 aliphatic rings. The fourth-order valence-electron chi connectivity index (χ4n) is 1.52. The average molecular weight is 245 g/mol. The first-order chi connectivity index (χ1) is 8.56. The van der Waals surface area contributed by atoms with Crippen molar-refractivity contribution in [2.24, 2.45) is 0 Å². The quantitative estimate of drug-likeness (QED) is 0.615. The molecular weight excluding hydrogens is 230 g/mol. The maximum absolute atomic E-state index is 11.7. The van der Waals surface area contributed by atoms with Gasteiger partial charge >= 0.3 is 0 Å². The SMILES string of the molecule is CN(C)NC(=O)c1ccn(-c2cccc(N)c2)n1. The van der Waals surface area contributed by atoms with Gasteiger partial charge in [0.25, 0.3) is 5.91 Å². The van der Waals surface area contributed by atoms with Crippen LogP contribution >= 0.6 is 0 Å². The Morgan fingerprint density at radius 1 is 1.39 bits per heavy atom. The molecule has 0 fully saturated rings. The second-order valence-corrected chi connectivity index (χ2v) is 4.08. The molecule has 2 rings (SSSR count). The topological polar surface area (TPSA) is 76.2 Å². The van der Waals surface area contributed by atoms with Crippen LogP contribution in [0.1, 0.15) is 10.5 Å². The Kier molecular flexibility index (Phi) is 3.29. The summed E-state index contributed by atoms with van der Waals surface area (Å²) in [4.78, 5) is 11.7. The molecule has 6 nitrogen and oxygen atoms in total. The zero-order valence-corrected chi connectivity index (χ0v) is 10.3. The van der Waals surface area contributed by atoms with E-state index in [4.69, 9.17) is 5.73 Å². The number of hydrogen-bond donors (Lipinski definition) is 2. The molecule has 1 heterocycles. The second-order valence-electron chi connectivity index (χ2n) is 4.08. The van der Waals surface area contributed by atoms with E-state index in [-0.39, 0.29) is 5.91 Å². The molecule has 1 aromatic heterocycles. The van der Waals surface area contributed by atoms with Crippen LogP contribution in [0.15, 0.2) is 36.5 Å². The molecule has 0 unspecified atom stereocenters. The second kappa shape index (κ2) is 4.89. The van der Waals surface area contributed by atoms with Crippen molar-refractivity contribution in [2.45, 2.75) is 0 Å². The van der Waals surface area contributed by atoms with Gasteiger partial charge in [0, 0.05) is 26.0 Å². The Bertz CT molecular complexity index is 561. The monoisotopic (exact) mass is 245 g/mol. The van der Waals surface area contributed by atoms with Crippen LogP contribution in [0.5, 0.6) is 0 Å². The highest BCUT2D eigenvalue weighted by Gasteiger charge is 2.10. The minimum atomic E-state index is -0.248. The number of aromatic nitrogens is 2. The van der Waals surface area contributed by atoms with Crippen molar-refractivity contribution in [3.05, 3.63) is 42.2 Å². The Balaban J connectivity index is 2.23. The standard InChI is InChI=1S/C12H15N5O/c1-16(2)15-12(18)11-6-7-17(14-11)10-5-3-4-9(13)8-10/h3-8H,13H2,1-2H3,(H,15,18). The maximum atomic E-state index is 11.7. The summed E-state index contributed by atoms with van der Waals surface area (Å²) < 4.78 is 1.61. The van der Waals surface area contributed by atoms with E-state index < -0.39 is 0 Å². The number of hydrazine groups is 1. The predicted octanol–water partition coefficient (Wildman–Crippen LogP) is 0.661. The molecule has 0 saturated carbocycles. The van der Waals surface area contributed by atoms with E-state index in [9.17, 15) is 4.79 Å². The summed E-state index contributed by atoms with van der Waals surface area (Å²) in [5.74, 6) is -0.248. The van der Waals surface area contributed by atoms with Crippen LogP contribution in [0, 0.1) is 0 Å². The van der Waals surface area contributed by atoms with Gasteiger partial charge in [0.1, 0.15) is 0 Å². The number of carbonyl (C=O) groups is 1. The molecule has 1 aromatic carbocycles. The van der Waals surface area contributed by atoms with Crippen LogP contribution in [-0.4, -0.2) is 34.8 Å². The van der Waals surface area contributed by atoms with E-state index in [0.29, 0.717) is 11.4 Å². The molecule has 94 valence electrons. The largest absolute Gasteiger partial charge is 0.399 e. The summed E-state index contributed by atoms with van der Waals surface area (Å²) in [6.07, 6.45) is 1.72. The number of anilines is 1. The van der Waals surface area contributed by atoms with E-state index in [1.165, 1.54) is 0 Å². The molecule has 3 N–H and O–H groups in total. The fraction of sp³-hybridized carbons (Fsp3) is 0.167. The first-order valence-corrected chi connectivity index (χ1v) is 5.46. The molecule has 2 aromatic rings. The zero-order valence-electron chi connectivity index (χ0n) is 10.3. The van der Waals surface area contributed by atoms with Gasteiger partial charge in [-0.3, -0.25) is 10.2 Å². The fourth-order valence-corrected chi connectivity index (χ4v) is 1.52. The molecule has 0 atom stereocenters. The molecule has 0 radical (unpaired) electrons. The van der Waals surface area contributed by atoms with Crippen LogP contribution in [0.25, 0.3) is 5.69 Å². The summed E-state index contributed by atoms with van der Waals surface area (Å²) in [5, 5.41) is 5.77. The van der Waals surface area contributed by atoms with E-state index >= 15 is 0 Å². The Hall–Kier alpha value is -2.34. The molecule has 6 heteroatoms.